The van der Waals surface area contributed by atoms with Gasteiger partial charge in [0.25, 0.3) is 0 Å². The molecule has 0 aliphatic rings. The first-order valence-electron chi connectivity index (χ1n) is 5.41. The average molecular weight is 216 g/mol. The Labute approximate surface area is 93.0 Å². The first kappa shape index (κ1) is 14.0. The van der Waals surface area contributed by atoms with Crippen molar-refractivity contribution in [1.82, 2.24) is 0 Å². The van der Waals surface area contributed by atoms with E-state index in [9.17, 15) is 4.79 Å². The van der Waals surface area contributed by atoms with Crippen LogP contribution >= 0.6 is 11.8 Å². The normalized spacial score (nSPS) is 12.1. The second kappa shape index (κ2) is 6.49. The van der Waals surface area contributed by atoms with E-state index in [1.165, 1.54) is 0 Å². The van der Waals surface area contributed by atoms with Gasteiger partial charge in [0, 0.05) is 6.42 Å². The Hall–Kier alpha value is 0.0200. The lowest BCUT2D eigenvalue weighted by Gasteiger charge is -2.16. The molecule has 2 heteroatoms. The molecule has 1 nitrogen and oxygen atoms in total. The van der Waals surface area contributed by atoms with E-state index in [0.717, 1.165) is 18.6 Å². The minimum atomic E-state index is 0.290. The van der Waals surface area contributed by atoms with Crippen molar-refractivity contribution in [2.24, 2.45) is 11.3 Å². The van der Waals surface area contributed by atoms with Crippen molar-refractivity contribution < 1.29 is 4.79 Å². The third kappa shape index (κ3) is 10.1. The van der Waals surface area contributed by atoms with Gasteiger partial charge in [0.15, 0.2) is 0 Å². The Morgan fingerprint density at radius 1 is 1.29 bits per heavy atom. The van der Waals surface area contributed by atoms with Gasteiger partial charge in [-0.1, -0.05) is 34.6 Å². The molecule has 0 spiro atoms. The molecule has 0 aliphatic heterocycles. The third-order valence-corrected chi connectivity index (χ3v) is 3.30. The molecule has 84 valence electrons. The second-order valence-corrected chi connectivity index (χ2v) is 6.54. The van der Waals surface area contributed by atoms with Crippen molar-refractivity contribution in [3.63, 3.8) is 0 Å². The standard InChI is InChI=1S/C12H24OS/c1-10(2)8-14-9-11(13)6-7-12(3,4)5/h10H,6-9H2,1-5H3. The lowest BCUT2D eigenvalue weighted by atomic mass is 9.90. The van der Waals surface area contributed by atoms with Crippen molar-refractivity contribution in [2.75, 3.05) is 11.5 Å². The van der Waals surface area contributed by atoms with Crippen molar-refractivity contribution in [2.45, 2.75) is 47.5 Å². The highest BCUT2D eigenvalue weighted by molar-refractivity contribution is 7.99. The summed E-state index contributed by atoms with van der Waals surface area (Å²) in [5.74, 6) is 2.90. The van der Waals surface area contributed by atoms with Gasteiger partial charge in [-0.05, 0) is 23.5 Å². The van der Waals surface area contributed by atoms with Crippen LogP contribution in [0.1, 0.15) is 47.5 Å². The molecule has 0 aromatic heterocycles. The Kier molecular flexibility index (Phi) is 6.50. The van der Waals surface area contributed by atoms with Crippen molar-refractivity contribution in [3.8, 4) is 0 Å². The summed E-state index contributed by atoms with van der Waals surface area (Å²) in [5.41, 5.74) is 0.290. The molecule has 0 saturated carbocycles. The zero-order chi connectivity index (χ0) is 11.2. The summed E-state index contributed by atoms with van der Waals surface area (Å²) in [6.45, 7) is 10.9. The highest BCUT2D eigenvalue weighted by atomic mass is 32.2. The van der Waals surface area contributed by atoms with E-state index >= 15 is 0 Å². The largest absolute Gasteiger partial charge is 0.299 e. The van der Waals surface area contributed by atoms with E-state index in [2.05, 4.69) is 34.6 Å². The van der Waals surface area contributed by atoms with Crippen LogP contribution in [0.5, 0.6) is 0 Å². The van der Waals surface area contributed by atoms with Gasteiger partial charge in [0.1, 0.15) is 5.78 Å². The molecule has 0 aromatic rings. The molecule has 0 aliphatic carbocycles. The quantitative estimate of drug-likeness (QED) is 0.672. The highest BCUT2D eigenvalue weighted by Crippen LogP contribution is 2.21. The fraction of sp³-hybridized carbons (Fsp3) is 0.917. The number of ketones is 1. The average Bonchev–Trinajstić information content (AvgIpc) is 1.99. The zero-order valence-electron chi connectivity index (χ0n) is 10.2. The van der Waals surface area contributed by atoms with E-state index in [1.807, 2.05) is 0 Å². The molecule has 0 atom stereocenters. The molecule has 0 aromatic carbocycles. The summed E-state index contributed by atoms with van der Waals surface area (Å²) in [7, 11) is 0. The summed E-state index contributed by atoms with van der Waals surface area (Å²) in [4.78, 5) is 11.5. The van der Waals surface area contributed by atoms with E-state index in [4.69, 9.17) is 0 Å². The summed E-state index contributed by atoms with van der Waals surface area (Å²) < 4.78 is 0. The lowest BCUT2D eigenvalue weighted by molar-refractivity contribution is -0.117. The van der Waals surface area contributed by atoms with Crippen LogP contribution in [0.2, 0.25) is 0 Å². The molecule has 0 heterocycles. The van der Waals surface area contributed by atoms with Gasteiger partial charge in [-0.3, -0.25) is 4.79 Å². The van der Waals surface area contributed by atoms with Crippen molar-refractivity contribution >= 4 is 17.5 Å². The Bertz CT molecular complexity index is 168. The molecule has 14 heavy (non-hydrogen) atoms. The van der Waals surface area contributed by atoms with E-state index in [0.29, 0.717) is 22.9 Å². The van der Waals surface area contributed by atoms with E-state index < -0.39 is 0 Å². The summed E-state index contributed by atoms with van der Waals surface area (Å²) in [5, 5.41) is 0. The smallest absolute Gasteiger partial charge is 0.142 e. The Balaban J connectivity index is 3.47. The summed E-state index contributed by atoms with van der Waals surface area (Å²) in [6.07, 6.45) is 1.75. The maximum Gasteiger partial charge on any atom is 0.142 e. The van der Waals surface area contributed by atoms with Crippen LogP contribution in [0.4, 0.5) is 0 Å². The topological polar surface area (TPSA) is 17.1 Å². The summed E-state index contributed by atoms with van der Waals surface area (Å²) >= 11 is 1.77. The molecule has 0 N–H and O–H groups in total. The molecule has 0 bridgehead atoms. The fourth-order valence-corrected chi connectivity index (χ4v) is 1.96. The molecular formula is C12H24OS. The van der Waals surface area contributed by atoms with E-state index in [-0.39, 0.29) is 0 Å². The first-order valence-corrected chi connectivity index (χ1v) is 6.56. The number of thioether (sulfide) groups is 1. The first-order chi connectivity index (χ1) is 6.31. The van der Waals surface area contributed by atoms with E-state index in [1.54, 1.807) is 11.8 Å². The van der Waals surface area contributed by atoms with Gasteiger partial charge in [0.05, 0.1) is 5.75 Å². The van der Waals surface area contributed by atoms with Crippen LogP contribution < -0.4 is 0 Å². The number of hydrogen-bond donors (Lipinski definition) is 0. The monoisotopic (exact) mass is 216 g/mol. The minimum absolute atomic E-state index is 0.290. The Morgan fingerprint density at radius 2 is 1.86 bits per heavy atom. The number of carbonyl (C=O) groups is 1. The van der Waals surface area contributed by atoms with Crippen LogP contribution in [0.25, 0.3) is 0 Å². The number of hydrogen-bond acceptors (Lipinski definition) is 2. The maximum atomic E-state index is 11.5. The lowest BCUT2D eigenvalue weighted by Crippen LogP contribution is -2.10. The van der Waals surface area contributed by atoms with Crippen LogP contribution in [-0.4, -0.2) is 17.3 Å². The van der Waals surface area contributed by atoms with Crippen LogP contribution in [0.3, 0.4) is 0 Å². The van der Waals surface area contributed by atoms with Gasteiger partial charge < -0.3 is 0 Å². The second-order valence-electron chi connectivity index (χ2n) is 5.51. The SMILES string of the molecule is CC(C)CSCC(=O)CCC(C)(C)C. The predicted molar refractivity (Wildman–Crippen MR) is 65.9 cm³/mol. The molecule has 0 radical (unpaired) electrons. The van der Waals surface area contributed by atoms with Crippen LogP contribution in [0, 0.1) is 11.3 Å². The molecule has 0 fully saturated rings. The minimum Gasteiger partial charge on any atom is -0.299 e. The van der Waals surface area contributed by atoms with Gasteiger partial charge in [-0.25, -0.2) is 0 Å². The number of carbonyl (C=O) groups excluding carboxylic acids is 1. The molecule has 0 amide bonds. The summed E-state index contributed by atoms with van der Waals surface area (Å²) in [6, 6.07) is 0. The molecule has 0 saturated heterocycles. The molecular weight excluding hydrogens is 192 g/mol. The zero-order valence-corrected chi connectivity index (χ0v) is 11.0. The van der Waals surface area contributed by atoms with Crippen molar-refractivity contribution in [3.05, 3.63) is 0 Å². The highest BCUT2D eigenvalue weighted by Gasteiger charge is 2.12. The maximum absolute atomic E-state index is 11.5. The van der Waals surface area contributed by atoms with Gasteiger partial charge in [-0.15, -0.1) is 0 Å². The third-order valence-electron chi connectivity index (χ3n) is 1.87. The fourth-order valence-electron chi connectivity index (χ4n) is 0.995. The predicted octanol–water partition coefficient (Wildman–Crippen LogP) is 3.77. The van der Waals surface area contributed by atoms with Gasteiger partial charge in [-0.2, -0.15) is 11.8 Å². The van der Waals surface area contributed by atoms with Crippen LogP contribution in [0.15, 0.2) is 0 Å². The van der Waals surface area contributed by atoms with Gasteiger partial charge >= 0.3 is 0 Å². The Morgan fingerprint density at radius 3 is 2.29 bits per heavy atom. The van der Waals surface area contributed by atoms with Gasteiger partial charge in [0.2, 0.25) is 0 Å². The van der Waals surface area contributed by atoms with Crippen LogP contribution in [-0.2, 0) is 4.79 Å². The number of Topliss-reactive ketones (excluding diaryl/α,β-unsaturated/α-hetero) is 1. The molecule has 0 rings (SSSR count). The number of rotatable bonds is 6. The molecule has 0 unspecified atom stereocenters. The van der Waals surface area contributed by atoms with Crippen molar-refractivity contribution in [1.29, 1.82) is 0 Å².